The van der Waals surface area contributed by atoms with Gasteiger partial charge in [-0.3, -0.25) is 9.69 Å². The first-order valence-electron chi connectivity index (χ1n) is 5.48. The lowest BCUT2D eigenvalue weighted by Crippen LogP contribution is -2.32. The third-order valence-electron chi connectivity index (χ3n) is 2.94. The topological polar surface area (TPSA) is 52.6 Å². The molecular weight excluding hydrogens is 204 g/mol. The van der Waals surface area contributed by atoms with Crippen LogP contribution in [0, 0.1) is 0 Å². The lowest BCUT2D eigenvalue weighted by atomic mass is 9.99. The average molecular weight is 220 g/mol. The van der Waals surface area contributed by atoms with E-state index >= 15 is 0 Å². The number of anilines is 1. The van der Waals surface area contributed by atoms with Crippen LogP contribution in [0.4, 0.5) is 5.69 Å². The summed E-state index contributed by atoms with van der Waals surface area (Å²) in [6.07, 6.45) is 1.70. The largest absolute Gasteiger partial charge is 0.395 e. The van der Waals surface area contributed by atoms with Crippen LogP contribution < -0.4 is 5.32 Å². The highest BCUT2D eigenvalue weighted by molar-refractivity contribution is 5.71. The minimum absolute atomic E-state index is 0.196. The van der Waals surface area contributed by atoms with E-state index in [0.29, 0.717) is 13.0 Å². The molecule has 4 nitrogen and oxygen atoms in total. The van der Waals surface area contributed by atoms with E-state index in [0.717, 1.165) is 25.2 Å². The summed E-state index contributed by atoms with van der Waals surface area (Å²) in [4.78, 5) is 12.6. The molecule has 1 amide bonds. The average Bonchev–Trinajstić information content (AvgIpc) is 2.29. The van der Waals surface area contributed by atoms with Crippen LogP contribution in [0.5, 0.6) is 0 Å². The van der Waals surface area contributed by atoms with Gasteiger partial charge in [-0.2, -0.15) is 0 Å². The highest BCUT2D eigenvalue weighted by Gasteiger charge is 2.15. The minimum Gasteiger partial charge on any atom is -0.395 e. The number of hydrogen-bond donors (Lipinski definition) is 2. The molecule has 1 aromatic rings. The van der Waals surface area contributed by atoms with Gasteiger partial charge in [0.25, 0.3) is 0 Å². The zero-order valence-corrected chi connectivity index (χ0v) is 9.15. The fourth-order valence-corrected chi connectivity index (χ4v) is 2.11. The summed E-state index contributed by atoms with van der Waals surface area (Å²) in [5.74, 6) is 0. The van der Waals surface area contributed by atoms with Crippen LogP contribution in [0.2, 0.25) is 0 Å². The van der Waals surface area contributed by atoms with Gasteiger partial charge in [-0.1, -0.05) is 6.07 Å². The van der Waals surface area contributed by atoms with Crippen molar-refractivity contribution in [2.24, 2.45) is 0 Å². The predicted molar refractivity (Wildman–Crippen MR) is 62.2 cm³/mol. The van der Waals surface area contributed by atoms with Crippen molar-refractivity contribution in [3.8, 4) is 0 Å². The maximum Gasteiger partial charge on any atom is 0.211 e. The summed E-state index contributed by atoms with van der Waals surface area (Å²) in [6.45, 7) is 2.75. The van der Waals surface area contributed by atoms with E-state index in [1.54, 1.807) is 0 Å². The standard InChI is InChI=1S/C12H16N2O2/c15-6-5-14-4-3-10-1-2-12(13-9-16)7-11(10)8-14/h1-2,7,9,15H,3-6,8H2,(H,13,16). The monoisotopic (exact) mass is 220 g/mol. The molecule has 4 heteroatoms. The van der Waals surface area contributed by atoms with Gasteiger partial charge in [0.05, 0.1) is 6.61 Å². The van der Waals surface area contributed by atoms with Crippen LogP contribution in [0.15, 0.2) is 18.2 Å². The van der Waals surface area contributed by atoms with Crippen LogP contribution in [-0.2, 0) is 17.8 Å². The smallest absolute Gasteiger partial charge is 0.211 e. The Labute approximate surface area is 94.9 Å². The molecule has 0 spiro atoms. The molecule has 0 fully saturated rings. The number of aliphatic hydroxyl groups excluding tert-OH is 1. The molecule has 1 aromatic carbocycles. The summed E-state index contributed by atoms with van der Waals surface area (Å²) in [7, 11) is 0. The van der Waals surface area contributed by atoms with Gasteiger partial charge < -0.3 is 10.4 Å². The minimum atomic E-state index is 0.196. The van der Waals surface area contributed by atoms with Crippen LogP contribution in [0.3, 0.4) is 0 Å². The van der Waals surface area contributed by atoms with Crippen molar-refractivity contribution in [1.29, 1.82) is 0 Å². The van der Waals surface area contributed by atoms with Gasteiger partial charge in [0.2, 0.25) is 6.41 Å². The van der Waals surface area contributed by atoms with E-state index in [2.05, 4.69) is 16.3 Å². The Kier molecular flexibility index (Phi) is 3.54. The third kappa shape index (κ3) is 2.40. The Morgan fingerprint density at radius 2 is 2.31 bits per heavy atom. The van der Waals surface area contributed by atoms with Crippen molar-refractivity contribution in [2.75, 3.05) is 25.0 Å². The zero-order chi connectivity index (χ0) is 11.4. The Hall–Kier alpha value is -1.39. The fourth-order valence-electron chi connectivity index (χ4n) is 2.11. The van der Waals surface area contributed by atoms with Crippen LogP contribution >= 0.6 is 0 Å². The molecular formula is C12H16N2O2. The Bertz CT molecular complexity index is 379. The Balaban J connectivity index is 2.14. The van der Waals surface area contributed by atoms with Crippen LogP contribution in [0.1, 0.15) is 11.1 Å². The third-order valence-corrected chi connectivity index (χ3v) is 2.94. The van der Waals surface area contributed by atoms with Gasteiger partial charge in [0.1, 0.15) is 0 Å². The van der Waals surface area contributed by atoms with E-state index in [1.165, 1.54) is 11.1 Å². The van der Waals surface area contributed by atoms with Crippen molar-refractivity contribution in [2.45, 2.75) is 13.0 Å². The highest BCUT2D eigenvalue weighted by atomic mass is 16.3. The summed E-state index contributed by atoms with van der Waals surface area (Å²) in [5.41, 5.74) is 3.41. The molecule has 0 saturated carbocycles. The summed E-state index contributed by atoms with van der Waals surface area (Å²) in [6, 6.07) is 6.00. The van der Waals surface area contributed by atoms with Crippen LogP contribution in [-0.4, -0.2) is 36.1 Å². The van der Waals surface area contributed by atoms with Crippen molar-refractivity contribution in [3.05, 3.63) is 29.3 Å². The van der Waals surface area contributed by atoms with Gasteiger partial charge in [0, 0.05) is 25.3 Å². The molecule has 2 N–H and O–H groups in total. The molecule has 0 radical (unpaired) electrons. The maximum atomic E-state index is 10.4. The SMILES string of the molecule is O=CNc1ccc2c(c1)CN(CCO)CC2. The first kappa shape index (κ1) is 11.1. The molecule has 0 saturated heterocycles. The van der Waals surface area contributed by atoms with Gasteiger partial charge >= 0.3 is 0 Å². The van der Waals surface area contributed by atoms with Crippen molar-refractivity contribution in [1.82, 2.24) is 4.90 Å². The van der Waals surface area contributed by atoms with Crippen molar-refractivity contribution in [3.63, 3.8) is 0 Å². The molecule has 0 aromatic heterocycles. The second-order valence-electron chi connectivity index (χ2n) is 4.00. The van der Waals surface area contributed by atoms with E-state index in [9.17, 15) is 4.79 Å². The van der Waals surface area contributed by atoms with E-state index in [-0.39, 0.29) is 6.61 Å². The van der Waals surface area contributed by atoms with Crippen LogP contribution in [0.25, 0.3) is 0 Å². The molecule has 0 aliphatic carbocycles. The fraction of sp³-hybridized carbons (Fsp3) is 0.417. The second kappa shape index (κ2) is 5.09. The number of hydrogen-bond acceptors (Lipinski definition) is 3. The number of fused-ring (bicyclic) bond motifs is 1. The second-order valence-corrected chi connectivity index (χ2v) is 4.00. The molecule has 86 valence electrons. The van der Waals surface area contributed by atoms with Gasteiger partial charge in [-0.15, -0.1) is 0 Å². The summed E-state index contributed by atoms with van der Waals surface area (Å²) in [5, 5.41) is 11.6. The molecule has 16 heavy (non-hydrogen) atoms. The van der Waals surface area contributed by atoms with Gasteiger partial charge in [-0.05, 0) is 29.7 Å². The molecule has 0 unspecified atom stereocenters. The zero-order valence-electron chi connectivity index (χ0n) is 9.15. The van der Waals surface area contributed by atoms with E-state index in [1.807, 2.05) is 12.1 Å². The van der Waals surface area contributed by atoms with E-state index in [4.69, 9.17) is 5.11 Å². The predicted octanol–water partition coefficient (Wildman–Crippen LogP) is 0.605. The normalized spacial score (nSPS) is 15.6. The lowest BCUT2D eigenvalue weighted by molar-refractivity contribution is -0.105. The number of amides is 1. The molecule has 0 bridgehead atoms. The summed E-state index contributed by atoms with van der Waals surface area (Å²) >= 11 is 0. The molecule has 1 aliphatic rings. The van der Waals surface area contributed by atoms with Crippen molar-refractivity contribution >= 4 is 12.1 Å². The molecule has 2 rings (SSSR count). The van der Waals surface area contributed by atoms with Crippen molar-refractivity contribution < 1.29 is 9.90 Å². The van der Waals surface area contributed by atoms with E-state index < -0.39 is 0 Å². The van der Waals surface area contributed by atoms with Gasteiger partial charge in [0.15, 0.2) is 0 Å². The number of rotatable bonds is 4. The number of nitrogens with zero attached hydrogens (tertiary/aromatic N) is 1. The quantitative estimate of drug-likeness (QED) is 0.731. The lowest BCUT2D eigenvalue weighted by Gasteiger charge is -2.28. The summed E-state index contributed by atoms with van der Waals surface area (Å²) < 4.78 is 0. The Morgan fingerprint density at radius 3 is 3.06 bits per heavy atom. The first-order chi connectivity index (χ1) is 7.83. The number of β-amino-alcohol motifs (C(OH)–C–C–N with tert-alkyl or cyclic N) is 1. The maximum absolute atomic E-state index is 10.4. The number of nitrogens with one attached hydrogen (secondary N) is 1. The first-order valence-corrected chi connectivity index (χ1v) is 5.48. The number of benzene rings is 1. The number of carbonyl (C=O) groups excluding carboxylic acids is 1. The molecule has 0 atom stereocenters. The van der Waals surface area contributed by atoms with Gasteiger partial charge in [-0.25, -0.2) is 0 Å². The molecule has 1 aliphatic heterocycles. The molecule has 1 heterocycles. The number of carbonyl (C=O) groups is 1. The highest BCUT2D eigenvalue weighted by Crippen LogP contribution is 2.22. The number of aliphatic hydroxyl groups is 1. The Morgan fingerprint density at radius 1 is 1.44 bits per heavy atom.